The summed E-state index contributed by atoms with van der Waals surface area (Å²) in [5.74, 6) is -1.56. The fourth-order valence-electron chi connectivity index (χ4n) is 0.669. The van der Waals surface area contributed by atoms with E-state index in [0.717, 1.165) is 0 Å². The van der Waals surface area contributed by atoms with Gasteiger partial charge < -0.3 is 0 Å². The van der Waals surface area contributed by atoms with Crippen molar-refractivity contribution in [3.63, 3.8) is 0 Å². The van der Waals surface area contributed by atoms with Crippen LogP contribution in [-0.4, -0.2) is 12.3 Å². The summed E-state index contributed by atoms with van der Waals surface area (Å²) in [4.78, 5) is 9.77. The van der Waals surface area contributed by atoms with Crippen molar-refractivity contribution < 1.29 is 13.6 Å². The molecule has 0 aliphatic carbocycles. The van der Waals surface area contributed by atoms with Gasteiger partial charge in [0.05, 0.1) is 5.69 Å². The fourth-order valence-corrected chi connectivity index (χ4v) is 0.669. The molecule has 0 unspecified atom stereocenters. The van der Waals surface area contributed by atoms with E-state index in [9.17, 15) is 13.6 Å². The Bertz CT molecular complexity index is 321. The molecule has 0 aromatic heterocycles. The van der Waals surface area contributed by atoms with Crippen LogP contribution in [0.4, 0.5) is 14.5 Å². The Morgan fingerprint density at radius 1 is 1.38 bits per heavy atom. The lowest BCUT2D eigenvalue weighted by atomic mass is 10.3. The molecular weight excluding hydrogens is 178 g/mol. The van der Waals surface area contributed by atoms with Crippen molar-refractivity contribution in [2.24, 2.45) is 5.10 Å². The molecule has 0 aliphatic rings. The molecule has 0 fully saturated rings. The summed E-state index contributed by atoms with van der Waals surface area (Å²) in [5, 5.41) is 3.05. The monoisotopic (exact) mass is 184 g/mol. The highest BCUT2D eigenvalue weighted by Gasteiger charge is 1.93. The van der Waals surface area contributed by atoms with Gasteiger partial charge in [0, 0.05) is 0 Å². The molecule has 0 bridgehead atoms. The van der Waals surface area contributed by atoms with E-state index >= 15 is 0 Å². The molecule has 0 aliphatic heterocycles. The summed E-state index contributed by atoms with van der Waals surface area (Å²) in [6.07, 6.45) is -0.0312. The van der Waals surface area contributed by atoms with E-state index in [4.69, 9.17) is 0 Å². The standard InChI is InChI=1S/C8H6F2N2O/c9-6-1-3-7(4-2-6)11-12-8(10)5-13/h1-5,11H/b12-8-. The molecule has 68 valence electrons. The van der Waals surface area contributed by atoms with Crippen molar-refractivity contribution in [1.29, 1.82) is 0 Å². The van der Waals surface area contributed by atoms with Crippen LogP contribution in [0, 0.1) is 5.82 Å². The summed E-state index contributed by atoms with van der Waals surface area (Å²) >= 11 is 0. The first kappa shape index (κ1) is 9.31. The van der Waals surface area contributed by atoms with Gasteiger partial charge in [0.1, 0.15) is 5.82 Å². The minimum Gasteiger partial charge on any atom is -0.293 e. The zero-order chi connectivity index (χ0) is 9.68. The molecule has 0 spiro atoms. The summed E-state index contributed by atoms with van der Waals surface area (Å²) in [6.45, 7) is 0. The smallest absolute Gasteiger partial charge is 0.270 e. The average molecular weight is 184 g/mol. The number of hydrogen-bond donors (Lipinski definition) is 1. The molecule has 0 heterocycles. The van der Waals surface area contributed by atoms with Crippen LogP contribution in [0.5, 0.6) is 0 Å². The zero-order valence-electron chi connectivity index (χ0n) is 6.50. The lowest BCUT2D eigenvalue weighted by molar-refractivity contribution is -0.103. The lowest BCUT2D eigenvalue weighted by Gasteiger charge is -1.97. The third kappa shape index (κ3) is 2.98. The average Bonchev–Trinajstić information content (AvgIpc) is 2.16. The Kier molecular flexibility index (Phi) is 3.08. The number of nitrogens with one attached hydrogen (secondary N) is 1. The van der Waals surface area contributed by atoms with Gasteiger partial charge in [0.2, 0.25) is 0 Å². The fraction of sp³-hybridized carbons (Fsp3) is 0. The maximum absolute atomic E-state index is 12.4. The molecule has 1 rings (SSSR count). The molecule has 0 saturated carbocycles. The van der Waals surface area contributed by atoms with Crippen LogP contribution < -0.4 is 5.43 Å². The SMILES string of the molecule is O=C/C(F)=N/Nc1ccc(F)cc1. The van der Waals surface area contributed by atoms with E-state index in [-0.39, 0.29) is 6.29 Å². The normalized spacial score (nSPS) is 11.1. The molecule has 1 N–H and O–H groups in total. The summed E-state index contributed by atoms with van der Waals surface area (Å²) < 4.78 is 24.5. The van der Waals surface area contributed by atoms with Gasteiger partial charge in [-0.15, -0.1) is 5.10 Å². The van der Waals surface area contributed by atoms with Crippen LogP contribution in [0.25, 0.3) is 0 Å². The molecule has 5 heteroatoms. The number of hydrogen-bond acceptors (Lipinski definition) is 3. The minimum atomic E-state index is -1.16. The van der Waals surface area contributed by atoms with Crippen LogP contribution in [0.1, 0.15) is 0 Å². The third-order valence-corrected chi connectivity index (χ3v) is 1.23. The van der Waals surface area contributed by atoms with E-state index in [0.29, 0.717) is 5.69 Å². The third-order valence-electron chi connectivity index (χ3n) is 1.23. The second-order valence-corrected chi connectivity index (χ2v) is 2.17. The lowest BCUT2D eigenvalue weighted by Crippen LogP contribution is -1.96. The summed E-state index contributed by atoms with van der Waals surface area (Å²) in [5.41, 5.74) is 2.64. The Balaban J connectivity index is 2.65. The number of aldehydes is 1. The van der Waals surface area contributed by atoms with Crippen molar-refractivity contribution in [2.75, 3.05) is 5.43 Å². The van der Waals surface area contributed by atoms with Gasteiger partial charge in [0.25, 0.3) is 5.97 Å². The highest BCUT2D eigenvalue weighted by atomic mass is 19.1. The Morgan fingerprint density at radius 3 is 2.54 bits per heavy atom. The quantitative estimate of drug-likeness (QED) is 0.441. The highest BCUT2D eigenvalue weighted by Crippen LogP contribution is 2.07. The molecule has 0 atom stereocenters. The number of rotatable bonds is 3. The Labute approximate surface area is 73.1 Å². The Hall–Kier alpha value is -1.78. The number of halogens is 2. The van der Waals surface area contributed by atoms with Crippen LogP contribution in [0.2, 0.25) is 0 Å². The number of carbonyl (C=O) groups excluding carboxylic acids is 1. The van der Waals surface area contributed by atoms with E-state index in [2.05, 4.69) is 10.5 Å². The Morgan fingerprint density at radius 2 is 2.00 bits per heavy atom. The van der Waals surface area contributed by atoms with Crippen LogP contribution >= 0.6 is 0 Å². The van der Waals surface area contributed by atoms with Gasteiger partial charge in [-0.1, -0.05) is 0 Å². The van der Waals surface area contributed by atoms with Gasteiger partial charge in [-0.25, -0.2) is 4.39 Å². The van der Waals surface area contributed by atoms with Crippen molar-refractivity contribution in [3.05, 3.63) is 30.1 Å². The van der Waals surface area contributed by atoms with E-state index in [1.807, 2.05) is 0 Å². The molecule has 1 aromatic rings. The van der Waals surface area contributed by atoms with Crippen LogP contribution in [0.15, 0.2) is 29.4 Å². The van der Waals surface area contributed by atoms with Crippen molar-refractivity contribution in [1.82, 2.24) is 0 Å². The minimum absolute atomic E-state index is 0.0312. The number of carbonyl (C=O) groups is 1. The van der Waals surface area contributed by atoms with Crippen LogP contribution in [0.3, 0.4) is 0 Å². The van der Waals surface area contributed by atoms with Crippen LogP contribution in [-0.2, 0) is 4.79 Å². The maximum Gasteiger partial charge on any atom is 0.270 e. The predicted molar refractivity (Wildman–Crippen MR) is 44.6 cm³/mol. The van der Waals surface area contributed by atoms with E-state index in [1.54, 1.807) is 0 Å². The molecule has 0 radical (unpaired) electrons. The number of hydrazone groups is 1. The van der Waals surface area contributed by atoms with Gasteiger partial charge in [-0.05, 0) is 24.3 Å². The summed E-state index contributed by atoms with van der Waals surface area (Å²) in [7, 11) is 0. The first-order chi connectivity index (χ1) is 6.22. The molecular formula is C8H6F2N2O. The van der Waals surface area contributed by atoms with Gasteiger partial charge >= 0.3 is 0 Å². The molecule has 0 amide bonds. The topological polar surface area (TPSA) is 41.5 Å². The van der Waals surface area contributed by atoms with Gasteiger partial charge in [-0.2, -0.15) is 4.39 Å². The highest BCUT2D eigenvalue weighted by molar-refractivity contribution is 6.23. The second kappa shape index (κ2) is 4.30. The first-order valence-electron chi connectivity index (χ1n) is 3.42. The molecule has 0 saturated heterocycles. The van der Waals surface area contributed by atoms with Crippen molar-refractivity contribution >= 4 is 17.9 Å². The molecule has 13 heavy (non-hydrogen) atoms. The predicted octanol–water partition coefficient (Wildman–Crippen LogP) is 1.72. The van der Waals surface area contributed by atoms with Gasteiger partial charge in [-0.3, -0.25) is 10.2 Å². The molecule has 1 aromatic carbocycles. The largest absolute Gasteiger partial charge is 0.293 e. The second-order valence-electron chi connectivity index (χ2n) is 2.17. The van der Waals surface area contributed by atoms with Crippen molar-refractivity contribution in [3.8, 4) is 0 Å². The van der Waals surface area contributed by atoms with Gasteiger partial charge in [0.15, 0.2) is 6.29 Å². The molecule has 3 nitrogen and oxygen atoms in total. The first-order valence-corrected chi connectivity index (χ1v) is 3.42. The maximum atomic E-state index is 12.4. The number of anilines is 1. The van der Waals surface area contributed by atoms with E-state index < -0.39 is 11.8 Å². The zero-order valence-corrected chi connectivity index (χ0v) is 6.50. The van der Waals surface area contributed by atoms with Crippen molar-refractivity contribution in [2.45, 2.75) is 0 Å². The number of benzene rings is 1. The van der Waals surface area contributed by atoms with E-state index in [1.165, 1.54) is 24.3 Å². The summed E-state index contributed by atoms with van der Waals surface area (Å²) in [6, 6.07) is 5.13. The number of nitrogens with zero attached hydrogens (tertiary/aromatic N) is 1.